The van der Waals surface area contributed by atoms with Gasteiger partial charge in [0.2, 0.25) is 5.91 Å². The number of aliphatic carboxylic acids is 1. The zero-order chi connectivity index (χ0) is 17.9. The summed E-state index contributed by atoms with van der Waals surface area (Å²) >= 11 is 0. The average Bonchev–Trinajstić information content (AvgIpc) is 2.53. The van der Waals surface area contributed by atoms with Crippen LogP contribution in [0.25, 0.3) is 0 Å². The predicted octanol–water partition coefficient (Wildman–Crippen LogP) is 1.96. The maximum absolute atomic E-state index is 12.7. The summed E-state index contributed by atoms with van der Waals surface area (Å²) in [6, 6.07) is 0. The molecule has 0 aromatic heterocycles. The van der Waals surface area contributed by atoms with E-state index in [0.29, 0.717) is 32.5 Å². The lowest BCUT2D eigenvalue weighted by molar-refractivity contribution is -0.147. The summed E-state index contributed by atoms with van der Waals surface area (Å²) in [6.45, 7) is 7.27. The molecule has 0 spiro atoms. The molecule has 2 saturated heterocycles. The lowest BCUT2D eigenvalue weighted by Crippen LogP contribution is -2.50. The lowest BCUT2D eigenvalue weighted by atomic mass is 9.93. The van der Waals surface area contributed by atoms with Crippen LogP contribution in [0.5, 0.6) is 0 Å². The van der Waals surface area contributed by atoms with Gasteiger partial charge in [0.15, 0.2) is 0 Å². The molecule has 2 amide bonds. The Hall–Kier alpha value is -1.79. The maximum Gasteiger partial charge on any atom is 0.410 e. The third kappa shape index (κ3) is 4.85. The molecule has 2 atom stereocenters. The van der Waals surface area contributed by atoms with Gasteiger partial charge in [-0.05, 0) is 46.5 Å². The molecular weight excluding hydrogens is 312 g/mol. The highest BCUT2D eigenvalue weighted by Gasteiger charge is 2.35. The Balaban J connectivity index is 1.95. The van der Waals surface area contributed by atoms with E-state index >= 15 is 0 Å². The fourth-order valence-corrected chi connectivity index (χ4v) is 3.31. The van der Waals surface area contributed by atoms with Crippen molar-refractivity contribution in [3.8, 4) is 0 Å². The SMILES string of the molecule is CC(C)(C)OC(=O)N1CCC[C@@H](C(=O)N2CCC[C@@H](C(=O)O)C2)C1. The van der Waals surface area contributed by atoms with Gasteiger partial charge in [-0.2, -0.15) is 0 Å². The number of amides is 2. The van der Waals surface area contributed by atoms with Crippen LogP contribution >= 0.6 is 0 Å². The van der Waals surface area contributed by atoms with Gasteiger partial charge < -0.3 is 19.6 Å². The van der Waals surface area contributed by atoms with Crippen molar-refractivity contribution < 1.29 is 24.2 Å². The summed E-state index contributed by atoms with van der Waals surface area (Å²) in [5.74, 6) is -1.62. The molecule has 0 bridgehead atoms. The fraction of sp³-hybridized carbons (Fsp3) is 0.824. The van der Waals surface area contributed by atoms with Crippen LogP contribution in [0.4, 0.5) is 4.79 Å². The van der Waals surface area contributed by atoms with Gasteiger partial charge in [0.1, 0.15) is 5.60 Å². The van der Waals surface area contributed by atoms with Gasteiger partial charge in [-0.25, -0.2) is 4.79 Å². The number of carboxylic acids is 1. The first-order valence-electron chi connectivity index (χ1n) is 8.67. The monoisotopic (exact) mass is 340 g/mol. The van der Waals surface area contributed by atoms with Gasteiger partial charge >= 0.3 is 12.1 Å². The zero-order valence-electron chi connectivity index (χ0n) is 14.8. The molecule has 1 N–H and O–H groups in total. The van der Waals surface area contributed by atoms with E-state index < -0.39 is 17.5 Å². The van der Waals surface area contributed by atoms with Crippen LogP contribution in [0.15, 0.2) is 0 Å². The number of ether oxygens (including phenoxy) is 1. The van der Waals surface area contributed by atoms with Crippen molar-refractivity contribution in [2.75, 3.05) is 26.2 Å². The molecule has 2 aliphatic heterocycles. The highest BCUT2D eigenvalue weighted by molar-refractivity contribution is 5.81. The molecular formula is C17H28N2O5. The molecule has 0 aromatic carbocycles. The van der Waals surface area contributed by atoms with Crippen LogP contribution in [-0.4, -0.2) is 64.7 Å². The van der Waals surface area contributed by atoms with E-state index in [0.717, 1.165) is 12.8 Å². The molecule has 7 heteroatoms. The molecule has 2 rings (SSSR count). The molecule has 2 fully saturated rings. The normalized spacial score (nSPS) is 25.3. The van der Waals surface area contributed by atoms with Gasteiger partial charge in [-0.1, -0.05) is 0 Å². The molecule has 0 unspecified atom stereocenters. The molecule has 2 aliphatic rings. The van der Waals surface area contributed by atoms with E-state index in [-0.39, 0.29) is 24.5 Å². The first-order chi connectivity index (χ1) is 11.2. The molecule has 24 heavy (non-hydrogen) atoms. The average molecular weight is 340 g/mol. The highest BCUT2D eigenvalue weighted by Crippen LogP contribution is 2.24. The molecule has 2 heterocycles. The summed E-state index contributed by atoms with van der Waals surface area (Å²) in [5.41, 5.74) is -0.560. The third-order valence-corrected chi connectivity index (χ3v) is 4.50. The van der Waals surface area contributed by atoms with E-state index in [2.05, 4.69) is 0 Å². The van der Waals surface area contributed by atoms with Crippen molar-refractivity contribution in [2.24, 2.45) is 11.8 Å². The quantitative estimate of drug-likeness (QED) is 0.830. The molecule has 136 valence electrons. The van der Waals surface area contributed by atoms with Crippen LogP contribution in [-0.2, 0) is 14.3 Å². The minimum absolute atomic E-state index is 0.0331. The van der Waals surface area contributed by atoms with E-state index in [1.165, 1.54) is 0 Å². The zero-order valence-corrected chi connectivity index (χ0v) is 14.8. The van der Waals surface area contributed by atoms with Crippen molar-refractivity contribution in [2.45, 2.75) is 52.1 Å². The summed E-state index contributed by atoms with van der Waals surface area (Å²) in [5, 5.41) is 9.16. The van der Waals surface area contributed by atoms with Gasteiger partial charge in [-0.15, -0.1) is 0 Å². The number of likely N-dealkylation sites (tertiary alicyclic amines) is 2. The van der Waals surface area contributed by atoms with Crippen LogP contribution in [0.2, 0.25) is 0 Å². The number of rotatable bonds is 2. The molecule has 0 aromatic rings. The van der Waals surface area contributed by atoms with Crippen LogP contribution < -0.4 is 0 Å². The Morgan fingerprint density at radius 3 is 2.08 bits per heavy atom. The van der Waals surface area contributed by atoms with Gasteiger partial charge in [-0.3, -0.25) is 9.59 Å². The highest BCUT2D eigenvalue weighted by atomic mass is 16.6. The summed E-state index contributed by atoms with van der Waals surface area (Å²) < 4.78 is 5.38. The number of piperidine rings is 2. The van der Waals surface area contributed by atoms with Crippen molar-refractivity contribution in [1.29, 1.82) is 0 Å². The summed E-state index contributed by atoms with van der Waals surface area (Å²) in [6.07, 6.45) is 2.43. The van der Waals surface area contributed by atoms with E-state index in [4.69, 9.17) is 9.84 Å². The fourth-order valence-electron chi connectivity index (χ4n) is 3.31. The minimum atomic E-state index is -0.841. The largest absolute Gasteiger partial charge is 0.481 e. The van der Waals surface area contributed by atoms with Crippen LogP contribution in [0.3, 0.4) is 0 Å². The Bertz CT molecular complexity index is 500. The van der Waals surface area contributed by atoms with Crippen molar-refractivity contribution >= 4 is 18.0 Å². The number of carboxylic acid groups (broad SMARTS) is 1. The Labute approximate surface area is 142 Å². The van der Waals surface area contributed by atoms with E-state index in [1.807, 2.05) is 20.8 Å². The number of nitrogens with zero attached hydrogens (tertiary/aromatic N) is 2. The van der Waals surface area contributed by atoms with E-state index in [9.17, 15) is 14.4 Å². The maximum atomic E-state index is 12.7. The van der Waals surface area contributed by atoms with Crippen molar-refractivity contribution in [3.63, 3.8) is 0 Å². The predicted molar refractivity (Wildman–Crippen MR) is 87.5 cm³/mol. The second kappa shape index (κ2) is 7.40. The van der Waals surface area contributed by atoms with Crippen molar-refractivity contribution in [1.82, 2.24) is 9.80 Å². The Morgan fingerprint density at radius 2 is 1.50 bits per heavy atom. The van der Waals surface area contributed by atoms with E-state index in [1.54, 1.807) is 9.80 Å². The Morgan fingerprint density at radius 1 is 0.958 bits per heavy atom. The van der Waals surface area contributed by atoms with Gasteiger partial charge in [0, 0.05) is 26.2 Å². The standard InChI is InChI=1S/C17H28N2O5/c1-17(2,3)24-16(23)19-9-4-6-12(10-19)14(20)18-8-5-7-13(11-18)15(21)22/h12-13H,4-11H2,1-3H3,(H,21,22)/t12-,13-/m1/s1. The summed E-state index contributed by atoms with van der Waals surface area (Å²) in [7, 11) is 0. The second-order valence-electron chi connectivity index (χ2n) is 7.73. The first kappa shape index (κ1) is 18.5. The topological polar surface area (TPSA) is 87.2 Å². The molecule has 0 radical (unpaired) electrons. The molecule has 7 nitrogen and oxygen atoms in total. The van der Waals surface area contributed by atoms with Gasteiger partial charge in [0.05, 0.1) is 11.8 Å². The number of hydrogen-bond donors (Lipinski definition) is 1. The summed E-state index contributed by atoms with van der Waals surface area (Å²) in [4.78, 5) is 39.3. The van der Waals surface area contributed by atoms with Gasteiger partial charge in [0.25, 0.3) is 0 Å². The molecule has 0 saturated carbocycles. The Kier molecular flexibility index (Phi) is 5.72. The van der Waals surface area contributed by atoms with Crippen LogP contribution in [0, 0.1) is 11.8 Å². The smallest absolute Gasteiger partial charge is 0.410 e. The second-order valence-corrected chi connectivity index (χ2v) is 7.73. The van der Waals surface area contributed by atoms with Crippen molar-refractivity contribution in [3.05, 3.63) is 0 Å². The number of carbonyl (C=O) groups excluding carboxylic acids is 2. The van der Waals surface area contributed by atoms with Crippen LogP contribution in [0.1, 0.15) is 46.5 Å². The number of carbonyl (C=O) groups is 3. The lowest BCUT2D eigenvalue weighted by Gasteiger charge is -2.37. The minimum Gasteiger partial charge on any atom is -0.481 e. The first-order valence-corrected chi connectivity index (χ1v) is 8.67. The number of hydrogen-bond acceptors (Lipinski definition) is 4. The third-order valence-electron chi connectivity index (χ3n) is 4.50. The molecule has 0 aliphatic carbocycles.